The lowest BCUT2D eigenvalue weighted by Gasteiger charge is -2.10. The van der Waals surface area contributed by atoms with Gasteiger partial charge >= 0.3 is 6.18 Å². The van der Waals surface area contributed by atoms with Crippen molar-refractivity contribution in [1.29, 1.82) is 0 Å². The maximum atomic E-state index is 12.6. The molecule has 0 fully saturated rings. The van der Waals surface area contributed by atoms with E-state index < -0.39 is 18.6 Å². The number of alkyl halides is 3. The van der Waals surface area contributed by atoms with Gasteiger partial charge in [0.15, 0.2) is 0 Å². The Bertz CT molecular complexity index is 843. The Hall–Kier alpha value is -2.90. The monoisotopic (exact) mass is 320 g/mol. The SMILES string of the molecule is O=C(Nc1cnc2ccn(CC(F)(F)F)c2c1)c1ccccn1. The number of aromatic nitrogens is 3. The normalized spacial score (nSPS) is 11.6. The molecular formula is C15H11F3N4O. The van der Waals surface area contributed by atoms with Crippen LogP contribution in [0.5, 0.6) is 0 Å². The van der Waals surface area contributed by atoms with E-state index >= 15 is 0 Å². The summed E-state index contributed by atoms with van der Waals surface area (Å²) in [6.45, 7) is -1.12. The first-order valence-electron chi connectivity index (χ1n) is 6.66. The van der Waals surface area contributed by atoms with Gasteiger partial charge in [0, 0.05) is 12.4 Å². The second-order valence-electron chi connectivity index (χ2n) is 4.86. The molecule has 0 aliphatic rings. The molecule has 23 heavy (non-hydrogen) atoms. The van der Waals surface area contributed by atoms with Crippen LogP contribution < -0.4 is 5.32 Å². The summed E-state index contributed by atoms with van der Waals surface area (Å²) < 4.78 is 38.7. The van der Waals surface area contributed by atoms with E-state index in [4.69, 9.17) is 0 Å². The zero-order valence-corrected chi connectivity index (χ0v) is 11.7. The van der Waals surface area contributed by atoms with Gasteiger partial charge in [0.1, 0.15) is 12.2 Å². The molecule has 3 rings (SSSR count). The summed E-state index contributed by atoms with van der Waals surface area (Å²) >= 11 is 0. The van der Waals surface area contributed by atoms with E-state index in [9.17, 15) is 18.0 Å². The highest BCUT2D eigenvalue weighted by atomic mass is 19.4. The molecule has 0 atom stereocenters. The van der Waals surface area contributed by atoms with Gasteiger partial charge in [-0.15, -0.1) is 0 Å². The quantitative estimate of drug-likeness (QED) is 0.806. The van der Waals surface area contributed by atoms with Crippen molar-refractivity contribution in [3.63, 3.8) is 0 Å². The number of carbonyl (C=O) groups excluding carboxylic acids is 1. The standard InChI is InChI=1S/C15H11F3N4O/c16-15(17,18)9-22-6-4-11-13(22)7-10(8-20-11)21-14(23)12-3-1-2-5-19-12/h1-8H,9H2,(H,21,23). The molecular weight excluding hydrogens is 309 g/mol. The van der Waals surface area contributed by atoms with Crippen molar-refractivity contribution in [2.45, 2.75) is 12.7 Å². The Labute approximate surface area is 128 Å². The van der Waals surface area contributed by atoms with Crippen LogP contribution in [0.2, 0.25) is 0 Å². The molecule has 8 heteroatoms. The number of amides is 1. The number of rotatable bonds is 3. The lowest BCUT2D eigenvalue weighted by Crippen LogP contribution is -2.17. The van der Waals surface area contributed by atoms with Crippen molar-refractivity contribution >= 4 is 22.6 Å². The topological polar surface area (TPSA) is 59.8 Å². The highest BCUT2D eigenvalue weighted by Crippen LogP contribution is 2.23. The van der Waals surface area contributed by atoms with E-state index in [0.717, 1.165) is 4.57 Å². The Balaban J connectivity index is 1.87. The van der Waals surface area contributed by atoms with Gasteiger partial charge in [-0.1, -0.05) is 6.07 Å². The lowest BCUT2D eigenvalue weighted by atomic mass is 10.3. The van der Waals surface area contributed by atoms with E-state index in [1.54, 1.807) is 12.1 Å². The van der Waals surface area contributed by atoms with Crippen LogP contribution in [0.1, 0.15) is 10.5 Å². The van der Waals surface area contributed by atoms with Crippen molar-refractivity contribution in [3.8, 4) is 0 Å². The average Bonchev–Trinajstić information content (AvgIpc) is 2.89. The fraction of sp³-hybridized carbons (Fsp3) is 0.133. The van der Waals surface area contributed by atoms with E-state index in [2.05, 4.69) is 15.3 Å². The van der Waals surface area contributed by atoms with E-state index in [0.29, 0.717) is 16.7 Å². The number of nitrogens with zero attached hydrogens (tertiary/aromatic N) is 3. The van der Waals surface area contributed by atoms with Crippen molar-refractivity contribution in [2.24, 2.45) is 0 Å². The fourth-order valence-electron chi connectivity index (χ4n) is 2.15. The van der Waals surface area contributed by atoms with Crippen molar-refractivity contribution in [3.05, 3.63) is 54.6 Å². The van der Waals surface area contributed by atoms with E-state index in [1.165, 1.54) is 36.8 Å². The van der Waals surface area contributed by atoms with Crippen molar-refractivity contribution in [1.82, 2.24) is 14.5 Å². The maximum Gasteiger partial charge on any atom is 0.406 e. The van der Waals surface area contributed by atoms with Gasteiger partial charge in [-0.3, -0.25) is 14.8 Å². The van der Waals surface area contributed by atoms with Gasteiger partial charge < -0.3 is 9.88 Å². The van der Waals surface area contributed by atoms with Crippen molar-refractivity contribution < 1.29 is 18.0 Å². The molecule has 5 nitrogen and oxygen atoms in total. The molecule has 0 saturated heterocycles. The molecule has 0 radical (unpaired) electrons. The highest BCUT2D eigenvalue weighted by Gasteiger charge is 2.28. The molecule has 1 N–H and O–H groups in total. The maximum absolute atomic E-state index is 12.6. The third-order valence-corrected chi connectivity index (χ3v) is 3.12. The van der Waals surface area contributed by atoms with E-state index in [1.807, 2.05) is 0 Å². The van der Waals surface area contributed by atoms with Crippen LogP contribution in [0.15, 0.2) is 48.9 Å². The number of carbonyl (C=O) groups is 1. The number of hydrogen-bond donors (Lipinski definition) is 1. The van der Waals surface area contributed by atoms with Crippen LogP contribution in [0, 0.1) is 0 Å². The Morgan fingerprint density at radius 1 is 1.22 bits per heavy atom. The molecule has 0 bridgehead atoms. The largest absolute Gasteiger partial charge is 0.406 e. The first kappa shape index (κ1) is 15.0. The van der Waals surface area contributed by atoms with Crippen molar-refractivity contribution in [2.75, 3.05) is 5.32 Å². The predicted octanol–water partition coefficient (Wildman–Crippen LogP) is 3.25. The molecule has 1 amide bonds. The second-order valence-corrected chi connectivity index (χ2v) is 4.86. The Morgan fingerprint density at radius 2 is 2.04 bits per heavy atom. The third-order valence-electron chi connectivity index (χ3n) is 3.12. The van der Waals surface area contributed by atoms with Gasteiger partial charge in [0.25, 0.3) is 5.91 Å². The van der Waals surface area contributed by atoms with Gasteiger partial charge in [-0.05, 0) is 24.3 Å². The highest BCUT2D eigenvalue weighted by molar-refractivity contribution is 6.03. The van der Waals surface area contributed by atoms with Crippen LogP contribution in [0.4, 0.5) is 18.9 Å². The zero-order valence-electron chi connectivity index (χ0n) is 11.7. The minimum atomic E-state index is -4.33. The van der Waals surface area contributed by atoms with Crippen LogP contribution in [0.3, 0.4) is 0 Å². The number of hydrogen-bond acceptors (Lipinski definition) is 3. The third kappa shape index (κ3) is 3.47. The summed E-state index contributed by atoms with van der Waals surface area (Å²) in [6.07, 6.45) is -0.152. The lowest BCUT2D eigenvalue weighted by molar-refractivity contribution is -0.139. The van der Waals surface area contributed by atoms with Gasteiger partial charge in [0.05, 0.1) is 22.9 Å². The van der Waals surface area contributed by atoms with Crippen LogP contribution in [-0.2, 0) is 6.54 Å². The minimum absolute atomic E-state index is 0.207. The van der Waals surface area contributed by atoms with Gasteiger partial charge in [0.2, 0.25) is 0 Å². The molecule has 3 aromatic rings. The Morgan fingerprint density at radius 3 is 2.74 bits per heavy atom. The number of halogens is 3. The van der Waals surface area contributed by atoms with Crippen LogP contribution >= 0.6 is 0 Å². The molecule has 3 aromatic heterocycles. The predicted molar refractivity (Wildman–Crippen MR) is 78.0 cm³/mol. The van der Waals surface area contributed by atoms with E-state index in [-0.39, 0.29) is 5.69 Å². The van der Waals surface area contributed by atoms with Crippen LogP contribution in [-0.4, -0.2) is 26.6 Å². The summed E-state index contributed by atoms with van der Waals surface area (Å²) in [7, 11) is 0. The first-order chi connectivity index (χ1) is 10.9. The molecule has 3 heterocycles. The zero-order chi connectivity index (χ0) is 16.4. The first-order valence-corrected chi connectivity index (χ1v) is 6.66. The summed E-state index contributed by atoms with van der Waals surface area (Å²) in [5.74, 6) is -0.458. The van der Waals surface area contributed by atoms with Crippen LogP contribution in [0.25, 0.3) is 11.0 Å². The Kier molecular flexibility index (Phi) is 3.73. The number of pyridine rings is 2. The molecule has 0 spiro atoms. The molecule has 0 saturated carbocycles. The minimum Gasteiger partial charge on any atom is -0.337 e. The average molecular weight is 320 g/mol. The van der Waals surface area contributed by atoms with Gasteiger partial charge in [-0.2, -0.15) is 13.2 Å². The summed E-state index contributed by atoms with van der Waals surface area (Å²) in [4.78, 5) is 20.0. The summed E-state index contributed by atoms with van der Waals surface area (Å²) in [5, 5.41) is 2.57. The summed E-state index contributed by atoms with van der Waals surface area (Å²) in [5.41, 5.74) is 1.22. The molecule has 0 aromatic carbocycles. The molecule has 0 aliphatic heterocycles. The second kappa shape index (κ2) is 5.71. The number of anilines is 1. The summed E-state index contributed by atoms with van der Waals surface area (Å²) in [6, 6.07) is 7.82. The number of nitrogens with one attached hydrogen (secondary N) is 1. The smallest absolute Gasteiger partial charge is 0.337 e. The number of fused-ring (bicyclic) bond motifs is 1. The molecule has 118 valence electrons. The van der Waals surface area contributed by atoms with Gasteiger partial charge in [-0.25, -0.2) is 0 Å². The molecule has 0 aliphatic carbocycles. The molecule has 0 unspecified atom stereocenters. The fourth-order valence-corrected chi connectivity index (χ4v) is 2.15.